The number of piperidine rings is 1. The van der Waals surface area contributed by atoms with E-state index < -0.39 is 6.35 Å². The Morgan fingerprint density at radius 2 is 1.73 bits per heavy atom. The van der Waals surface area contributed by atoms with Crippen LogP contribution in [0.2, 0.25) is 0 Å². The monoisotopic (exact) mass is 408 g/mol. The number of nitrogens with zero attached hydrogens (tertiary/aromatic N) is 3. The summed E-state index contributed by atoms with van der Waals surface area (Å²) in [6.45, 7) is 6.16. The maximum absolute atomic E-state index is 10.7. The second-order valence-corrected chi connectivity index (χ2v) is 9.14. The summed E-state index contributed by atoms with van der Waals surface area (Å²) < 4.78 is 0. The number of rotatable bonds is 6. The van der Waals surface area contributed by atoms with E-state index in [4.69, 9.17) is 0 Å². The lowest BCUT2D eigenvalue weighted by Gasteiger charge is -2.35. The number of aliphatic hydroxyl groups excluding tert-OH is 1. The van der Waals surface area contributed by atoms with Crippen molar-refractivity contribution in [3.63, 3.8) is 0 Å². The first kappa shape index (κ1) is 21.2. The third-order valence-electron chi connectivity index (χ3n) is 6.81. The zero-order chi connectivity index (χ0) is 21.1. The van der Waals surface area contributed by atoms with Gasteiger partial charge in [-0.25, -0.2) is 0 Å². The number of aliphatic hydroxyl groups is 1. The molecule has 2 aliphatic rings. The van der Waals surface area contributed by atoms with Crippen molar-refractivity contribution >= 4 is 11.4 Å². The van der Waals surface area contributed by atoms with E-state index in [1.54, 1.807) is 0 Å². The third-order valence-corrected chi connectivity index (χ3v) is 6.81. The van der Waals surface area contributed by atoms with Crippen LogP contribution in [0, 0.1) is 6.92 Å². The maximum Gasteiger partial charge on any atom is 0.184 e. The summed E-state index contributed by atoms with van der Waals surface area (Å²) in [7, 11) is 4.32. The molecule has 2 fully saturated rings. The van der Waals surface area contributed by atoms with Crippen molar-refractivity contribution in [1.29, 1.82) is 0 Å². The standard InChI is InChI=1S/C25H36N4O/c1-19-5-4-6-21(17-19)20-11-14-28(15-12-20)25(30)26-22-7-9-23(10-8-22)29-16-13-24(18-29)27(2)3/h4-10,17,20,24-26,30H,11-16,18H2,1-3H3. The highest BCUT2D eigenvalue weighted by Crippen LogP contribution is 2.29. The molecule has 2 N–H and O–H groups in total. The minimum absolute atomic E-state index is 0.596. The van der Waals surface area contributed by atoms with Gasteiger partial charge in [-0.05, 0) is 76.0 Å². The van der Waals surface area contributed by atoms with Crippen molar-refractivity contribution in [3.8, 4) is 0 Å². The molecule has 2 saturated heterocycles. The molecule has 0 spiro atoms. The van der Waals surface area contributed by atoms with Crippen LogP contribution in [0.4, 0.5) is 11.4 Å². The van der Waals surface area contributed by atoms with Gasteiger partial charge in [-0.15, -0.1) is 0 Å². The van der Waals surface area contributed by atoms with Gasteiger partial charge in [0.15, 0.2) is 6.35 Å². The molecule has 2 atom stereocenters. The van der Waals surface area contributed by atoms with Crippen LogP contribution in [0.5, 0.6) is 0 Å². The van der Waals surface area contributed by atoms with E-state index in [1.807, 2.05) is 0 Å². The van der Waals surface area contributed by atoms with E-state index in [-0.39, 0.29) is 0 Å². The molecule has 0 bridgehead atoms. The Morgan fingerprint density at radius 1 is 1.00 bits per heavy atom. The quantitative estimate of drug-likeness (QED) is 0.714. The van der Waals surface area contributed by atoms with Gasteiger partial charge in [0.1, 0.15) is 0 Å². The summed E-state index contributed by atoms with van der Waals surface area (Å²) in [5.74, 6) is 0.596. The number of hydrogen-bond donors (Lipinski definition) is 2. The van der Waals surface area contributed by atoms with Crippen LogP contribution >= 0.6 is 0 Å². The molecule has 2 unspecified atom stereocenters. The lowest BCUT2D eigenvalue weighted by molar-refractivity contribution is 0.00987. The highest BCUT2D eigenvalue weighted by Gasteiger charge is 2.26. The molecule has 4 rings (SSSR count). The van der Waals surface area contributed by atoms with Gasteiger partial charge in [-0.1, -0.05) is 29.8 Å². The first-order valence-electron chi connectivity index (χ1n) is 11.3. The summed E-state index contributed by atoms with van der Waals surface area (Å²) in [4.78, 5) is 6.90. The average Bonchev–Trinajstić information content (AvgIpc) is 3.25. The fourth-order valence-corrected chi connectivity index (χ4v) is 4.81. The molecule has 0 saturated carbocycles. The van der Waals surface area contributed by atoms with Crippen LogP contribution in [-0.2, 0) is 0 Å². The highest BCUT2D eigenvalue weighted by atomic mass is 16.3. The SMILES string of the molecule is Cc1cccc(C2CCN(C(O)Nc3ccc(N4CCC(N(C)C)C4)cc3)CC2)c1. The number of nitrogens with one attached hydrogen (secondary N) is 1. The molecule has 0 aliphatic carbocycles. The first-order chi connectivity index (χ1) is 14.5. The van der Waals surface area contributed by atoms with Gasteiger partial charge >= 0.3 is 0 Å². The molecule has 2 aromatic carbocycles. The van der Waals surface area contributed by atoms with Gasteiger partial charge in [0.25, 0.3) is 0 Å². The fourth-order valence-electron chi connectivity index (χ4n) is 4.81. The van der Waals surface area contributed by atoms with Crippen molar-refractivity contribution in [2.24, 2.45) is 0 Å². The van der Waals surface area contributed by atoms with Crippen molar-refractivity contribution < 1.29 is 5.11 Å². The molecule has 2 aliphatic heterocycles. The Hall–Kier alpha value is -2.08. The zero-order valence-electron chi connectivity index (χ0n) is 18.6. The number of benzene rings is 2. The van der Waals surface area contributed by atoms with Crippen LogP contribution in [0.15, 0.2) is 48.5 Å². The maximum atomic E-state index is 10.7. The molecule has 0 radical (unpaired) electrons. The van der Waals surface area contributed by atoms with E-state index in [0.717, 1.165) is 44.7 Å². The van der Waals surface area contributed by atoms with Gasteiger partial charge in [0.05, 0.1) is 0 Å². The average molecular weight is 409 g/mol. The number of likely N-dealkylation sites (tertiary alicyclic amines) is 1. The van der Waals surface area contributed by atoms with Crippen LogP contribution in [-0.4, -0.2) is 67.6 Å². The van der Waals surface area contributed by atoms with Crippen LogP contribution < -0.4 is 10.2 Å². The second kappa shape index (κ2) is 9.38. The van der Waals surface area contributed by atoms with Crippen molar-refractivity contribution in [2.45, 2.75) is 44.5 Å². The van der Waals surface area contributed by atoms with E-state index >= 15 is 0 Å². The zero-order valence-corrected chi connectivity index (χ0v) is 18.6. The van der Waals surface area contributed by atoms with Crippen molar-refractivity contribution in [3.05, 3.63) is 59.7 Å². The Morgan fingerprint density at radius 3 is 2.37 bits per heavy atom. The molecule has 5 heteroatoms. The lowest BCUT2D eigenvalue weighted by Crippen LogP contribution is -2.45. The Labute approximate surface area is 181 Å². The van der Waals surface area contributed by atoms with Crippen molar-refractivity contribution in [2.75, 3.05) is 50.5 Å². The smallest absolute Gasteiger partial charge is 0.184 e. The Bertz CT molecular complexity index is 814. The van der Waals surface area contributed by atoms with Crippen LogP contribution in [0.3, 0.4) is 0 Å². The first-order valence-corrected chi connectivity index (χ1v) is 11.3. The normalized spacial score (nSPS) is 21.9. The van der Waals surface area contributed by atoms with Crippen LogP contribution in [0.25, 0.3) is 0 Å². The number of aryl methyl sites for hydroxylation is 1. The number of hydrogen-bond acceptors (Lipinski definition) is 5. The lowest BCUT2D eigenvalue weighted by atomic mass is 9.89. The Balaban J connectivity index is 1.28. The largest absolute Gasteiger partial charge is 0.370 e. The number of likely N-dealkylation sites (N-methyl/N-ethyl adjacent to an activating group) is 1. The highest BCUT2D eigenvalue weighted by molar-refractivity contribution is 5.55. The summed E-state index contributed by atoms with van der Waals surface area (Å²) in [5.41, 5.74) is 4.99. The molecule has 162 valence electrons. The molecular weight excluding hydrogens is 372 g/mol. The molecular formula is C25H36N4O. The van der Waals surface area contributed by atoms with Gasteiger partial charge in [-0.3, -0.25) is 4.90 Å². The van der Waals surface area contributed by atoms with E-state index in [0.29, 0.717) is 12.0 Å². The molecule has 0 aromatic heterocycles. The van der Waals surface area contributed by atoms with Gasteiger partial charge in [0.2, 0.25) is 0 Å². The minimum Gasteiger partial charge on any atom is -0.370 e. The predicted molar refractivity (Wildman–Crippen MR) is 125 cm³/mol. The second-order valence-electron chi connectivity index (χ2n) is 9.14. The molecule has 2 heterocycles. The van der Waals surface area contributed by atoms with Crippen molar-refractivity contribution in [1.82, 2.24) is 9.80 Å². The Kier molecular flexibility index (Phi) is 6.61. The summed E-state index contributed by atoms with van der Waals surface area (Å²) in [6, 6.07) is 18.0. The van der Waals surface area contributed by atoms with E-state index in [1.165, 1.54) is 23.2 Å². The minimum atomic E-state index is -0.640. The summed E-state index contributed by atoms with van der Waals surface area (Å²) in [6.07, 6.45) is 2.75. The van der Waals surface area contributed by atoms with E-state index in [2.05, 4.69) is 89.6 Å². The van der Waals surface area contributed by atoms with Gasteiger partial charge in [0, 0.05) is 43.6 Å². The summed E-state index contributed by atoms with van der Waals surface area (Å²) in [5, 5.41) is 14.0. The molecule has 5 nitrogen and oxygen atoms in total. The number of anilines is 2. The molecule has 0 amide bonds. The van der Waals surface area contributed by atoms with Crippen LogP contribution in [0.1, 0.15) is 36.3 Å². The third kappa shape index (κ3) is 4.97. The van der Waals surface area contributed by atoms with Gasteiger partial charge < -0.3 is 20.2 Å². The topological polar surface area (TPSA) is 42.0 Å². The molecule has 30 heavy (non-hydrogen) atoms. The van der Waals surface area contributed by atoms with E-state index in [9.17, 15) is 5.11 Å². The predicted octanol–water partition coefficient (Wildman–Crippen LogP) is 3.70. The summed E-state index contributed by atoms with van der Waals surface area (Å²) >= 11 is 0. The van der Waals surface area contributed by atoms with Gasteiger partial charge in [-0.2, -0.15) is 0 Å². The molecule has 2 aromatic rings. The fraction of sp³-hybridized carbons (Fsp3) is 0.520.